The van der Waals surface area contributed by atoms with Crippen LogP contribution in [0.5, 0.6) is 11.5 Å². The number of hydrogen-bond donors (Lipinski definition) is 4. The van der Waals surface area contributed by atoms with Crippen molar-refractivity contribution in [2.24, 2.45) is 5.92 Å². The molecule has 0 bridgehead atoms. The zero-order valence-corrected chi connectivity index (χ0v) is 19.1. The molecule has 1 aliphatic heterocycles. The van der Waals surface area contributed by atoms with E-state index in [-0.39, 0.29) is 6.10 Å². The van der Waals surface area contributed by atoms with Gasteiger partial charge in [0.05, 0.1) is 27.8 Å². The molecular formula is C23H28Cl2N2O5. The Morgan fingerprint density at radius 2 is 1.88 bits per heavy atom. The summed E-state index contributed by atoms with van der Waals surface area (Å²) in [6, 6.07) is 10.6. The number of anilines is 1. The average molecular weight is 483 g/mol. The molecule has 1 aliphatic rings. The smallest absolute Gasteiger partial charge is 0.306 e. The predicted molar refractivity (Wildman–Crippen MR) is 125 cm³/mol. The molecule has 0 aliphatic carbocycles. The van der Waals surface area contributed by atoms with Crippen LogP contribution in [0.2, 0.25) is 10.0 Å². The quantitative estimate of drug-likeness (QED) is 0.278. The second-order valence-electron chi connectivity index (χ2n) is 7.88. The van der Waals surface area contributed by atoms with Crippen molar-refractivity contribution in [3.8, 4) is 11.5 Å². The summed E-state index contributed by atoms with van der Waals surface area (Å²) in [4.78, 5) is 11.7. The number of carbonyl (C=O) groups is 1. The van der Waals surface area contributed by atoms with Crippen LogP contribution < -0.4 is 20.5 Å². The van der Waals surface area contributed by atoms with E-state index in [9.17, 15) is 15.0 Å². The van der Waals surface area contributed by atoms with Gasteiger partial charge in [-0.05, 0) is 49.2 Å². The number of para-hydroxylation sites is 2. The summed E-state index contributed by atoms with van der Waals surface area (Å²) in [5.41, 5.74) is 6.59. The Balaban J connectivity index is 1.37. The highest BCUT2D eigenvalue weighted by molar-refractivity contribution is 6.38. The molecule has 0 saturated carbocycles. The van der Waals surface area contributed by atoms with Gasteiger partial charge in [0.2, 0.25) is 0 Å². The molecule has 0 aromatic heterocycles. The molecule has 32 heavy (non-hydrogen) atoms. The number of unbranched alkanes of at least 4 members (excludes halogenated alkanes) is 1. The third-order valence-corrected chi connectivity index (χ3v) is 6.07. The second-order valence-corrected chi connectivity index (χ2v) is 8.70. The molecule has 5 N–H and O–H groups in total. The lowest BCUT2D eigenvalue weighted by Crippen LogP contribution is -2.33. The number of nitrogens with two attached hydrogens (primary N) is 1. The van der Waals surface area contributed by atoms with Crippen molar-refractivity contribution in [1.82, 2.24) is 5.32 Å². The van der Waals surface area contributed by atoms with Gasteiger partial charge in [0.15, 0.2) is 11.5 Å². The van der Waals surface area contributed by atoms with E-state index < -0.39 is 18.0 Å². The van der Waals surface area contributed by atoms with Crippen molar-refractivity contribution in [2.45, 2.75) is 37.9 Å². The highest BCUT2D eigenvalue weighted by atomic mass is 35.5. The van der Waals surface area contributed by atoms with E-state index in [0.717, 1.165) is 12.8 Å². The second kappa shape index (κ2) is 11.6. The van der Waals surface area contributed by atoms with Gasteiger partial charge in [-0.3, -0.25) is 4.79 Å². The molecule has 0 amide bonds. The summed E-state index contributed by atoms with van der Waals surface area (Å²) in [5.74, 6) is 0.0122. The number of benzene rings is 2. The van der Waals surface area contributed by atoms with Gasteiger partial charge in [-0.15, -0.1) is 0 Å². The predicted octanol–water partition coefficient (Wildman–Crippen LogP) is 4.30. The molecule has 174 valence electrons. The fraction of sp³-hybridized carbons (Fsp3) is 0.435. The Labute approximate surface area is 197 Å². The third kappa shape index (κ3) is 6.65. The van der Waals surface area contributed by atoms with Crippen molar-refractivity contribution >= 4 is 34.9 Å². The average Bonchev–Trinajstić information content (AvgIpc) is 2.78. The fourth-order valence-electron chi connectivity index (χ4n) is 3.63. The first-order valence-electron chi connectivity index (χ1n) is 10.6. The van der Waals surface area contributed by atoms with E-state index in [4.69, 9.17) is 38.4 Å². The first-order valence-corrected chi connectivity index (χ1v) is 11.3. The molecule has 3 atom stereocenters. The lowest BCUT2D eigenvalue weighted by Gasteiger charge is -2.28. The molecule has 0 radical (unpaired) electrons. The van der Waals surface area contributed by atoms with E-state index in [1.54, 1.807) is 12.1 Å². The van der Waals surface area contributed by atoms with Gasteiger partial charge in [-0.2, -0.15) is 0 Å². The van der Waals surface area contributed by atoms with Crippen LogP contribution in [0.25, 0.3) is 0 Å². The number of nitrogens with one attached hydrogen (secondary N) is 1. The van der Waals surface area contributed by atoms with Crippen LogP contribution in [-0.4, -0.2) is 42.0 Å². The Morgan fingerprint density at radius 3 is 2.56 bits per heavy atom. The standard InChI is InChI=1S/C23H28Cl2N2O5/c24-17-10-15(11-18(25)22(17)26)19(28)12-27-8-4-3-5-14(23(29)30)9-16-13-31-20-6-1-2-7-21(20)32-16/h1-2,6-7,10-11,14,16,19,27-28H,3-5,8-9,12-13,26H2,(H,29,30). The van der Waals surface area contributed by atoms with Gasteiger partial charge in [-0.1, -0.05) is 41.8 Å². The number of carboxylic acid groups (broad SMARTS) is 1. The van der Waals surface area contributed by atoms with E-state index in [1.807, 2.05) is 24.3 Å². The van der Waals surface area contributed by atoms with Crippen molar-refractivity contribution < 1.29 is 24.5 Å². The van der Waals surface area contributed by atoms with E-state index in [0.29, 0.717) is 65.3 Å². The summed E-state index contributed by atoms with van der Waals surface area (Å²) in [6.45, 7) is 1.32. The molecule has 9 heteroatoms. The maximum Gasteiger partial charge on any atom is 0.306 e. The summed E-state index contributed by atoms with van der Waals surface area (Å²) >= 11 is 12.0. The number of aliphatic hydroxyl groups is 1. The molecule has 2 aromatic carbocycles. The first kappa shape index (κ1) is 24.5. The minimum atomic E-state index is -0.826. The van der Waals surface area contributed by atoms with E-state index >= 15 is 0 Å². The van der Waals surface area contributed by atoms with Gasteiger partial charge in [-0.25, -0.2) is 0 Å². The van der Waals surface area contributed by atoms with Crippen LogP contribution in [0.15, 0.2) is 36.4 Å². The Bertz CT molecular complexity index is 904. The molecule has 3 rings (SSSR count). The lowest BCUT2D eigenvalue weighted by molar-refractivity contribution is -0.143. The van der Waals surface area contributed by atoms with Crippen LogP contribution in [-0.2, 0) is 4.79 Å². The number of rotatable bonds is 11. The van der Waals surface area contributed by atoms with Gasteiger partial charge in [0, 0.05) is 13.0 Å². The lowest BCUT2D eigenvalue weighted by atomic mass is 9.95. The Hall–Kier alpha value is -2.19. The number of halogens is 2. The maximum atomic E-state index is 11.7. The molecular weight excluding hydrogens is 455 g/mol. The minimum absolute atomic E-state index is 0.280. The van der Waals surface area contributed by atoms with Crippen molar-refractivity contribution in [3.05, 3.63) is 52.0 Å². The number of nitrogen functional groups attached to an aromatic ring is 1. The molecule has 7 nitrogen and oxygen atoms in total. The van der Waals surface area contributed by atoms with Crippen LogP contribution in [0.4, 0.5) is 5.69 Å². The molecule has 0 spiro atoms. The van der Waals surface area contributed by atoms with Gasteiger partial charge in [0.25, 0.3) is 0 Å². The summed E-state index contributed by atoms with van der Waals surface area (Å²) in [5, 5.41) is 23.7. The van der Waals surface area contributed by atoms with Crippen LogP contribution in [0.3, 0.4) is 0 Å². The van der Waals surface area contributed by atoms with Gasteiger partial charge < -0.3 is 30.7 Å². The zero-order valence-electron chi connectivity index (χ0n) is 17.6. The Kier molecular flexibility index (Phi) is 8.87. The summed E-state index contributed by atoms with van der Waals surface area (Å²) in [6.07, 6.45) is 1.41. The number of aliphatic hydroxyl groups excluding tert-OH is 1. The van der Waals surface area contributed by atoms with Gasteiger partial charge >= 0.3 is 5.97 Å². The van der Waals surface area contributed by atoms with Crippen LogP contribution >= 0.6 is 23.2 Å². The highest BCUT2D eigenvalue weighted by Gasteiger charge is 2.27. The van der Waals surface area contributed by atoms with Crippen molar-refractivity contribution in [1.29, 1.82) is 0 Å². The fourth-order valence-corrected chi connectivity index (χ4v) is 4.14. The zero-order chi connectivity index (χ0) is 23.1. The SMILES string of the molecule is Nc1c(Cl)cc(C(O)CNCCCCC(CC2COc3ccccc3O2)C(=O)O)cc1Cl. The Morgan fingerprint density at radius 1 is 1.19 bits per heavy atom. The molecule has 0 fully saturated rings. The number of hydrogen-bond acceptors (Lipinski definition) is 6. The van der Waals surface area contributed by atoms with Crippen molar-refractivity contribution in [3.63, 3.8) is 0 Å². The highest BCUT2D eigenvalue weighted by Crippen LogP contribution is 2.33. The summed E-state index contributed by atoms with van der Waals surface area (Å²) < 4.78 is 11.6. The number of fused-ring (bicyclic) bond motifs is 1. The maximum absolute atomic E-state index is 11.7. The van der Waals surface area contributed by atoms with E-state index in [1.165, 1.54) is 0 Å². The number of aliphatic carboxylic acids is 1. The van der Waals surface area contributed by atoms with Crippen molar-refractivity contribution in [2.75, 3.05) is 25.4 Å². The van der Waals surface area contributed by atoms with Crippen LogP contribution in [0, 0.1) is 5.92 Å². The normalized spacial score (nSPS) is 17.0. The molecule has 0 saturated heterocycles. The minimum Gasteiger partial charge on any atom is -0.486 e. The first-order chi connectivity index (χ1) is 15.3. The number of carboxylic acids is 1. The number of ether oxygens (including phenoxy) is 2. The van der Waals surface area contributed by atoms with Crippen LogP contribution in [0.1, 0.15) is 37.4 Å². The van der Waals surface area contributed by atoms with E-state index in [2.05, 4.69) is 5.32 Å². The third-order valence-electron chi connectivity index (χ3n) is 5.44. The topological polar surface area (TPSA) is 114 Å². The molecule has 1 heterocycles. The summed E-state index contributed by atoms with van der Waals surface area (Å²) in [7, 11) is 0. The molecule has 2 aromatic rings. The largest absolute Gasteiger partial charge is 0.486 e. The van der Waals surface area contributed by atoms with Gasteiger partial charge in [0.1, 0.15) is 12.7 Å². The monoisotopic (exact) mass is 482 g/mol. The molecule has 3 unspecified atom stereocenters.